The maximum Gasteiger partial charge on any atom is 0.271 e. The van der Waals surface area contributed by atoms with Crippen LogP contribution in [0.5, 0.6) is 0 Å². The fourth-order valence-corrected chi connectivity index (χ4v) is 2.54. The van der Waals surface area contributed by atoms with Gasteiger partial charge >= 0.3 is 0 Å². The smallest absolute Gasteiger partial charge is 0.271 e. The van der Waals surface area contributed by atoms with Gasteiger partial charge in [-0.2, -0.15) is 5.10 Å². The van der Waals surface area contributed by atoms with E-state index in [4.69, 9.17) is 16.0 Å². The summed E-state index contributed by atoms with van der Waals surface area (Å²) in [4.78, 5) is 23.1. The quantitative estimate of drug-likeness (QED) is 0.510. The maximum absolute atomic E-state index is 12.1. The zero-order chi connectivity index (χ0) is 19.2. The molecule has 0 fully saturated rings. The number of hydrogen-bond donors (Lipinski definition) is 2. The van der Waals surface area contributed by atoms with E-state index < -0.39 is 0 Å². The van der Waals surface area contributed by atoms with Crippen LogP contribution in [0.3, 0.4) is 0 Å². The summed E-state index contributed by atoms with van der Waals surface area (Å²) >= 11 is 5.98. The van der Waals surface area contributed by atoms with Gasteiger partial charge in [0.1, 0.15) is 11.5 Å². The normalized spacial score (nSPS) is 10.7. The van der Waals surface area contributed by atoms with Gasteiger partial charge in [-0.25, -0.2) is 5.43 Å². The molecular weight excluding hydrogens is 366 g/mol. The fraction of sp³-hybridized carbons (Fsp3) is 0.0500. The summed E-state index contributed by atoms with van der Waals surface area (Å²) in [5.41, 5.74) is 4.31. The summed E-state index contributed by atoms with van der Waals surface area (Å²) < 4.78 is 5.67. The molecule has 0 atom stereocenters. The number of amides is 2. The van der Waals surface area contributed by atoms with Crippen molar-refractivity contribution < 1.29 is 14.0 Å². The van der Waals surface area contributed by atoms with E-state index in [0.29, 0.717) is 27.8 Å². The highest BCUT2D eigenvalue weighted by Crippen LogP contribution is 2.24. The van der Waals surface area contributed by atoms with E-state index in [1.165, 1.54) is 13.1 Å². The Morgan fingerprint density at radius 3 is 2.56 bits per heavy atom. The van der Waals surface area contributed by atoms with Crippen LogP contribution in [0.4, 0.5) is 5.69 Å². The Morgan fingerprint density at radius 2 is 1.85 bits per heavy atom. The lowest BCUT2D eigenvalue weighted by atomic mass is 10.2. The van der Waals surface area contributed by atoms with Crippen molar-refractivity contribution in [2.24, 2.45) is 5.10 Å². The minimum absolute atomic E-state index is 0.174. The van der Waals surface area contributed by atoms with Gasteiger partial charge < -0.3 is 9.73 Å². The molecule has 27 heavy (non-hydrogen) atoms. The Bertz CT molecular complexity index is 994. The molecule has 0 radical (unpaired) electrons. The molecule has 0 spiro atoms. The van der Waals surface area contributed by atoms with Gasteiger partial charge in [-0.1, -0.05) is 23.7 Å². The number of nitrogens with zero attached hydrogens (tertiary/aromatic N) is 1. The third kappa shape index (κ3) is 5.05. The van der Waals surface area contributed by atoms with Crippen molar-refractivity contribution in [1.82, 2.24) is 5.43 Å². The zero-order valence-corrected chi connectivity index (χ0v) is 15.2. The van der Waals surface area contributed by atoms with Crippen LogP contribution in [0.1, 0.15) is 23.0 Å². The Morgan fingerprint density at radius 1 is 1.07 bits per heavy atom. The summed E-state index contributed by atoms with van der Waals surface area (Å²) in [7, 11) is 0. The summed E-state index contributed by atoms with van der Waals surface area (Å²) in [6.45, 7) is 1.42. The number of benzene rings is 2. The van der Waals surface area contributed by atoms with Crippen LogP contribution in [0.15, 0.2) is 70.2 Å². The van der Waals surface area contributed by atoms with Gasteiger partial charge in [0.25, 0.3) is 5.91 Å². The van der Waals surface area contributed by atoms with Gasteiger partial charge in [0.15, 0.2) is 0 Å². The van der Waals surface area contributed by atoms with E-state index in [-0.39, 0.29) is 11.8 Å². The molecule has 1 heterocycles. The van der Waals surface area contributed by atoms with E-state index in [9.17, 15) is 9.59 Å². The van der Waals surface area contributed by atoms with Crippen molar-refractivity contribution in [1.29, 1.82) is 0 Å². The van der Waals surface area contributed by atoms with Crippen molar-refractivity contribution in [2.75, 3.05) is 5.32 Å². The van der Waals surface area contributed by atoms with E-state index in [0.717, 1.165) is 5.56 Å². The molecule has 136 valence electrons. The van der Waals surface area contributed by atoms with Crippen molar-refractivity contribution >= 4 is 35.3 Å². The van der Waals surface area contributed by atoms with E-state index in [1.54, 1.807) is 48.5 Å². The molecule has 6 nitrogen and oxygen atoms in total. The SMILES string of the molecule is CC(=O)Nc1ccc(C(=O)N/N=C\c2ccc(-c3cccc(Cl)c3)o2)cc1. The van der Waals surface area contributed by atoms with Gasteiger partial charge in [-0.3, -0.25) is 9.59 Å². The molecule has 1 aromatic heterocycles. The Labute approximate surface area is 160 Å². The first-order valence-corrected chi connectivity index (χ1v) is 8.46. The van der Waals surface area contributed by atoms with E-state index in [1.807, 2.05) is 12.1 Å². The molecule has 0 aliphatic rings. The first kappa shape index (κ1) is 18.4. The molecule has 0 unspecified atom stereocenters. The molecule has 3 aromatic rings. The summed E-state index contributed by atoms with van der Waals surface area (Å²) in [6.07, 6.45) is 1.41. The van der Waals surface area contributed by atoms with Crippen LogP contribution in [0.25, 0.3) is 11.3 Å². The second-order valence-corrected chi connectivity index (χ2v) is 6.11. The van der Waals surface area contributed by atoms with Gasteiger partial charge in [-0.05, 0) is 48.5 Å². The van der Waals surface area contributed by atoms with Gasteiger partial charge in [0.2, 0.25) is 5.91 Å². The third-order valence-corrected chi connectivity index (χ3v) is 3.80. The lowest BCUT2D eigenvalue weighted by Crippen LogP contribution is -2.17. The predicted octanol–water partition coefficient (Wildman–Crippen LogP) is 4.32. The number of halogens is 1. The van der Waals surface area contributed by atoms with Crippen LogP contribution in [-0.2, 0) is 4.79 Å². The largest absolute Gasteiger partial charge is 0.455 e. The second-order valence-electron chi connectivity index (χ2n) is 5.67. The van der Waals surface area contributed by atoms with E-state index >= 15 is 0 Å². The van der Waals surface area contributed by atoms with Crippen LogP contribution >= 0.6 is 11.6 Å². The van der Waals surface area contributed by atoms with Gasteiger partial charge in [-0.15, -0.1) is 0 Å². The Kier molecular flexibility index (Phi) is 5.68. The Balaban J connectivity index is 1.60. The summed E-state index contributed by atoms with van der Waals surface area (Å²) in [6, 6.07) is 17.3. The van der Waals surface area contributed by atoms with Crippen LogP contribution in [-0.4, -0.2) is 18.0 Å². The molecule has 0 bridgehead atoms. The minimum Gasteiger partial charge on any atom is -0.455 e. The van der Waals surface area contributed by atoms with Crippen LogP contribution < -0.4 is 10.7 Å². The standard InChI is InChI=1S/C20H16ClN3O3/c1-13(25)23-17-7-5-14(6-8-17)20(26)24-22-12-18-9-10-19(27-18)15-3-2-4-16(21)11-15/h2-12H,1H3,(H,23,25)(H,24,26)/b22-12-. The number of rotatable bonds is 5. The molecule has 3 rings (SSSR count). The number of carbonyl (C=O) groups excluding carboxylic acids is 2. The third-order valence-electron chi connectivity index (χ3n) is 3.56. The monoisotopic (exact) mass is 381 g/mol. The number of nitrogens with one attached hydrogen (secondary N) is 2. The number of carbonyl (C=O) groups is 2. The first-order valence-electron chi connectivity index (χ1n) is 8.08. The topological polar surface area (TPSA) is 83.7 Å². The van der Waals surface area contributed by atoms with Crippen LogP contribution in [0, 0.1) is 0 Å². The van der Waals surface area contributed by atoms with Gasteiger partial charge in [0, 0.05) is 28.8 Å². The molecule has 0 saturated carbocycles. The highest BCUT2D eigenvalue weighted by molar-refractivity contribution is 6.30. The summed E-state index contributed by atoms with van der Waals surface area (Å²) in [5.74, 6) is 0.597. The second kappa shape index (κ2) is 8.33. The number of hydrazone groups is 1. The molecule has 0 aliphatic carbocycles. The maximum atomic E-state index is 12.1. The number of furan rings is 1. The van der Waals surface area contributed by atoms with Crippen LogP contribution in [0.2, 0.25) is 5.02 Å². The molecular formula is C20H16ClN3O3. The molecule has 2 N–H and O–H groups in total. The highest BCUT2D eigenvalue weighted by Gasteiger charge is 2.06. The minimum atomic E-state index is -0.373. The summed E-state index contributed by atoms with van der Waals surface area (Å²) in [5, 5.41) is 7.15. The zero-order valence-electron chi connectivity index (χ0n) is 14.4. The molecule has 7 heteroatoms. The van der Waals surface area contributed by atoms with E-state index in [2.05, 4.69) is 15.8 Å². The van der Waals surface area contributed by atoms with Gasteiger partial charge in [0.05, 0.1) is 6.21 Å². The lowest BCUT2D eigenvalue weighted by Gasteiger charge is -2.03. The molecule has 0 aliphatic heterocycles. The average Bonchev–Trinajstić information content (AvgIpc) is 3.11. The lowest BCUT2D eigenvalue weighted by molar-refractivity contribution is -0.114. The Hall–Kier alpha value is -3.38. The van der Waals surface area contributed by atoms with Crippen molar-refractivity contribution in [3.63, 3.8) is 0 Å². The average molecular weight is 382 g/mol. The first-order chi connectivity index (χ1) is 13.0. The molecule has 2 amide bonds. The highest BCUT2D eigenvalue weighted by atomic mass is 35.5. The van der Waals surface area contributed by atoms with Crippen molar-refractivity contribution in [2.45, 2.75) is 6.92 Å². The molecule has 2 aromatic carbocycles. The number of hydrogen-bond acceptors (Lipinski definition) is 4. The fourth-order valence-electron chi connectivity index (χ4n) is 2.35. The molecule has 0 saturated heterocycles. The van der Waals surface area contributed by atoms with Crippen molar-refractivity contribution in [3.8, 4) is 11.3 Å². The van der Waals surface area contributed by atoms with Crippen molar-refractivity contribution in [3.05, 3.63) is 77.0 Å². The predicted molar refractivity (Wildman–Crippen MR) is 105 cm³/mol. The number of anilines is 1.